The van der Waals surface area contributed by atoms with Gasteiger partial charge in [0, 0.05) is 69.6 Å². The van der Waals surface area contributed by atoms with Crippen LogP contribution in [-0.2, 0) is 22.5 Å². The SMILES string of the molecule is O=C(NCCc1ccncc1)C1CN(Cc2cccnc2)CC12CCOCC2. The highest BCUT2D eigenvalue weighted by molar-refractivity contribution is 5.80. The predicted octanol–water partition coefficient (Wildman–Crippen LogP) is 2.06. The van der Waals surface area contributed by atoms with Crippen LogP contribution in [0.1, 0.15) is 24.0 Å². The van der Waals surface area contributed by atoms with Crippen molar-refractivity contribution in [1.82, 2.24) is 20.2 Å². The lowest BCUT2D eigenvalue weighted by molar-refractivity contribution is -0.129. The minimum Gasteiger partial charge on any atom is -0.381 e. The Kier molecular flexibility index (Phi) is 5.98. The number of hydrogen-bond donors (Lipinski definition) is 1. The molecule has 1 unspecified atom stereocenters. The van der Waals surface area contributed by atoms with Gasteiger partial charge >= 0.3 is 0 Å². The number of hydrogen-bond acceptors (Lipinski definition) is 5. The van der Waals surface area contributed by atoms with Crippen LogP contribution in [-0.4, -0.2) is 53.6 Å². The van der Waals surface area contributed by atoms with Crippen molar-refractivity contribution >= 4 is 5.91 Å². The predicted molar refractivity (Wildman–Crippen MR) is 106 cm³/mol. The standard InChI is InChI=1S/C22H28N4O2/c27-21(25-11-5-18-3-9-23-10-4-18)20-16-26(15-19-2-1-8-24-14-19)17-22(20)6-12-28-13-7-22/h1-4,8-10,14,20H,5-7,11-13,15-17H2,(H,25,27). The zero-order valence-corrected chi connectivity index (χ0v) is 16.2. The van der Waals surface area contributed by atoms with Crippen LogP contribution in [0.5, 0.6) is 0 Å². The van der Waals surface area contributed by atoms with E-state index in [1.165, 1.54) is 11.1 Å². The maximum absolute atomic E-state index is 13.1. The molecule has 2 aliphatic heterocycles. The summed E-state index contributed by atoms with van der Waals surface area (Å²) < 4.78 is 5.61. The zero-order chi connectivity index (χ0) is 19.2. The Morgan fingerprint density at radius 1 is 1.14 bits per heavy atom. The molecule has 0 aliphatic carbocycles. The van der Waals surface area contributed by atoms with E-state index < -0.39 is 0 Å². The van der Waals surface area contributed by atoms with Crippen LogP contribution in [0.2, 0.25) is 0 Å². The van der Waals surface area contributed by atoms with E-state index in [-0.39, 0.29) is 17.2 Å². The summed E-state index contributed by atoms with van der Waals surface area (Å²) in [5.74, 6) is 0.204. The molecule has 2 saturated heterocycles. The monoisotopic (exact) mass is 380 g/mol. The summed E-state index contributed by atoms with van der Waals surface area (Å²) >= 11 is 0. The van der Waals surface area contributed by atoms with Gasteiger partial charge < -0.3 is 10.1 Å². The first-order valence-electron chi connectivity index (χ1n) is 10.1. The van der Waals surface area contributed by atoms with Gasteiger partial charge in [0.1, 0.15) is 0 Å². The fourth-order valence-corrected chi connectivity index (χ4v) is 4.59. The number of pyridine rings is 2. The molecule has 4 rings (SSSR count). The van der Waals surface area contributed by atoms with Crippen molar-refractivity contribution < 1.29 is 9.53 Å². The number of ether oxygens (including phenoxy) is 1. The molecular weight excluding hydrogens is 352 g/mol. The number of aromatic nitrogens is 2. The number of carbonyl (C=O) groups excluding carboxylic acids is 1. The Morgan fingerprint density at radius 2 is 1.96 bits per heavy atom. The van der Waals surface area contributed by atoms with Gasteiger partial charge in [0.15, 0.2) is 0 Å². The normalized spacial score (nSPS) is 21.6. The zero-order valence-electron chi connectivity index (χ0n) is 16.2. The van der Waals surface area contributed by atoms with E-state index in [4.69, 9.17) is 4.74 Å². The van der Waals surface area contributed by atoms with E-state index in [0.29, 0.717) is 6.54 Å². The molecule has 6 nitrogen and oxygen atoms in total. The molecule has 148 valence electrons. The van der Waals surface area contributed by atoms with Crippen LogP contribution in [0.3, 0.4) is 0 Å². The topological polar surface area (TPSA) is 67.4 Å². The van der Waals surface area contributed by atoms with Crippen molar-refractivity contribution in [2.24, 2.45) is 11.3 Å². The average molecular weight is 380 g/mol. The van der Waals surface area contributed by atoms with Crippen molar-refractivity contribution in [3.63, 3.8) is 0 Å². The third kappa shape index (κ3) is 4.39. The third-order valence-electron chi connectivity index (χ3n) is 6.11. The van der Waals surface area contributed by atoms with Crippen molar-refractivity contribution in [1.29, 1.82) is 0 Å². The largest absolute Gasteiger partial charge is 0.381 e. The third-order valence-corrected chi connectivity index (χ3v) is 6.11. The number of nitrogens with one attached hydrogen (secondary N) is 1. The highest BCUT2D eigenvalue weighted by Crippen LogP contribution is 2.44. The van der Waals surface area contributed by atoms with Gasteiger partial charge in [-0.2, -0.15) is 0 Å². The van der Waals surface area contributed by atoms with Crippen LogP contribution in [0, 0.1) is 11.3 Å². The summed E-state index contributed by atoms with van der Waals surface area (Å²) in [5, 5.41) is 3.19. The fraction of sp³-hybridized carbons (Fsp3) is 0.500. The highest BCUT2D eigenvalue weighted by atomic mass is 16.5. The molecule has 28 heavy (non-hydrogen) atoms. The van der Waals surface area contributed by atoms with Gasteiger partial charge in [-0.25, -0.2) is 0 Å². The van der Waals surface area contributed by atoms with Crippen LogP contribution < -0.4 is 5.32 Å². The lowest BCUT2D eigenvalue weighted by Crippen LogP contribution is -2.44. The molecule has 1 amide bonds. The van der Waals surface area contributed by atoms with Crippen LogP contribution in [0.15, 0.2) is 49.1 Å². The molecule has 6 heteroatoms. The van der Waals surface area contributed by atoms with E-state index in [0.717, 1.165) is 52.1 Å². The van der Waals surface area contributed by atoms with Gasteiger partial charge in [-0.05, 0) is 48.6 Å². The molecule has 4 heterocycles. The molecule has 2 aromatic rings. The van der Waals surface area contributed by atoms with E-state index in [1.807, 2.05) is 24.4 Å². The molecule has 0 radical (unpaired) electrons. The van der Waals surface area contributed by atoms with Crippen LogP contribution >= 0.6 is 0 Å². The first-order valence-corrected chi connectivity index (χ1v) is 10.1. The Hall–Kier alpha value is -2.31. The molecule has 0 bridgehead atoms. The second kappa shape index (κ2) is 8.80. The van der Waals surface area contributed by atoms with Crippen molar-refractivity contribution in [2.75, 3.05) is 32.8 Å². The fourth-order valence-electron chi connectivity index (χ4n) is 4.59. The smallest absolute Gasteiger partial charge is 0.225 e. The van der Waals surface area contributed by atoms with Crippen molar-refractivity contribution in [3.8, 4) is 0 Å². The van der Waals surface area contributed by atoms with Gasteiger partial charge in [-0.1, -0.05) is 6.07 Å². The summed E-state index contributed by atoms with van der Waals surface area (Å²) in [6.07, 6.45) is 10.0. The quantitative estimate of drug-likeness (QED) is 0.831. The van der Waals surface area contributed by atoms with E-state index in [2.05, 4.69) is 26.3 Å². The Bertz CT molecular complexity index is 763. The molecule has 1 spiro atoms. The molecule has 2 aromatic heterocycles. The number of nitrogens with zero attached hydrogens (tertiary/aromatic N) is 3. The van der Waals surface area contributed by atoms with E-state index in [1.54, 1.807) is 18.6 Å². The summed E-state index contributed by atoms with van der Waals surface area (Å²) in [6, 6.07) is 8.07. The average Bonchev–Trinajstić information content (AvgIpc) is 3.07. The summed E-state index contributed by atoms with van der Waals surface area (Å²) in [5.41, 5.74) is 2.42. The maximum atomic E-state index is 13.1. The second-order valence-electron chi connectivity index (χ2n) is 7.95. The number of likely N-dealkylation sites (tertiary alicyclic amines) is 1. The summed E-state index contributed by atoms with van der Waals surface area (Å²) in [6.45, 7) is 4.76. The lowest BCUT2D eigenvalue weighted by Gasteiger charge is -2.37. The molecule has 2 fully saturated rings. The first-order chi connectivity index (χ1) is 13.8. The summed E-state index contributed by atoms with van der Waals surface area (Å²) in [7, 11) is 0. The minimum atomic E-state index is 0.0190. The van der Waals surface area contributed by atoms with Gasteiger partial charge in [-0.3, -0.25) is 19.7 Å². The van der Waals surface area contributed by atoms with Crippen molar-refractivity contribution in [2.45, 2.75) is 25.8 Å². The van der Waals surface area contributed by atoms with Crippen LogP contribution in [0.25, 0.3) is 0 Å². The van der Waals surface area contributed by atoms with Crippen LogP contribution in [0.4, 0.5) is 0 Å². The molecular formula is C22H28N4O2. The lowest BCUT2D eigenvalue weighted by atomic mass is 9.71. The van der Waals surface area contributed by atoms with E-state index in [9.17, 15) is 4.79 Å². The van der Waals surface area contributed by atoms with Gasteiger partial charge in [0.25, 0.3) is 0 Å². The number of carbonyl (C=O) groups is 1. The minimum absolute atomic E-state index is 0.0190. The summed E-state index contributed by atoms with van der Waals surface area (Å²) in [4.78, 5) is 23.8. The molecule has 0 saturated carbocycles. The number of rotatable bonds is 6. The molecule has 2 aliphatic rings. The Morgan fingerprint density at radius 3 is 2.71 bits per heavy atom. The van der Waals surface area contributed by atoms with E-state index >= 15 is 0 Å². The van der Waals surface area contributed by atoms with Gasteiger partial charge in [0.05, 0.1) is 5.92 Å². The Balaban J connectivity index is 1.40. The van der Waals surface area contributed by atoms with Gasteiger partial charge in [0.2, 0.25) is 5.91 Å². The number of amides is 1. The molecule has 1 N–H and O–H groups in total. The first kappa shape index (κ1) is 19.0. The van der Waals surface area contributed by atoms with Crippen molar-refractivity contribution in [3.05, 3.63) is 60.2 Å². The molecule has 1 atom stereocenters. The maximum Gasteiger partial charge on any atom is 0.225 e. The second-order valence-corrected chi connectivity index (χ2v) is 7.95. The molecule has 0 aromatic carbocycles. The van der Waals surface area contributed by atoms with Gasteiger partial charge in [-0.15, -0.1) is 0 Å². The highest BCUT2D eigenvalue weighted by Gasteiger charge is 2.50. The Labute approximate surface area is 166 Å².